The molecule has 0 aromatic rings. The first kappa shape index (κ1) is 7.54. The molecule has 1 unspecified atom stereocenters. The van der Waals surface area contributed by atoms with Crippen molar-refractivity contribution in [1.82, 2.24) is 0 Å². The summed E-state index contributed by atoms with van der Waals surface area (Å²) >= 11 is 0. The molecule has 0 bridgehead atoms. The van der Waals surface area contributed by atoms with E-state index in [-0.39, 0.29) is 12.3 Å². The zero-order valence-electron chi connectivity index (χ0n) is 6.13. The molecule has 0 amide bonds. The highest BCUT2D eigenvalue weighted by Crippen LogP contribution is 2.13. The van der Waals surface area contributed by atoms with Crippen LogP contribution >= 0.6 is 0 Å². The lowest BCUT2D eigenvalue weighted by molar-refractivity contribution is -0.171. The van der Waals surface area contributed by atoms with Crippen molar-refractivity contribution in [2.24, 2.45) is 0 Å². The number of hydrogen-bond acceptors (Lipinski definition) is 3. The maximum atomic E-state index is 10.8. The summed E-state index contributed by atoms with van der Waals surface area (Å²) in [6.45, 7) is 0. The third-order valence-corrected chi connectivity index (χ3v) is 1.60. The molecule has 1 saturated heterocycles. The molecule has 3 heteroatoms. The van der Waals surface area contributed by atoms with E-state index in [1.807, 2.05) is 0 Å². The molecule has 1 aliphatic rings. The van der Waals surface area contributed by atoms with Gasteiger partial charge in [-0.1, -0.05) is 0 Å². The van der Waals surface area contributed by atoms with Crippen molar-refractivity contribution in [2.45, 2.75) is 32.0 Å². The van der Waals surface area contributed by atoms with Gasteiger partial charge in [-0.3, -0.25) is 4.79 Å². The highest BCUT2D eigenvalue weighted by Gasteiger charge is 2.16. The lowest BCUT2D eigenvalue weighted by atomic mass is 10.2. The van der Waals surface area contributed by atoms with Crippen LogP contribution in [0, 0.1) is 0 Å². The van der Waals surface area contributed by atoms with E-state index in [1.165, 1.54) is 0 Å². The lowest BCUT2D eigenvalue weighted by Gasteiger charge is -2.11. The number of ether oxygens (including phenoxy) is 2. The molecule has 0 saturated carbocycles. The fraction of sp³-hybridized carbons (Fsp3) is 0.857. The number of carbonyl (C=O) groups excluding carboxylic acids is 1. The molecule has 0 N–H and O–H groups in total. The molecule has 0 spiro atoms. The first-order valence-corrected chi connectivity index (χ1v) is 3.55. The van der Waals surface area contributed by atoms with Gasteiger partial charge in [-0.2, -0.15) is 0 Å². The standard InChI is InChI=1S/C7H12O3/c1-9-7-5-3-2-4-6(8)10-7/h7H,2-5H2,1H3. The Morgan fingerprint density at radius 3 is 3.10 bits per heavy atom. The summed E-state index contributed by atoms with van der Waals surface area (Å²) in [5.41, 5.74) is 0. The van der Waals surface area contributed by atoms with Crippen LogP contribution in [-0.4, -0.2) is 19.4 Å². The van der Waals surface area contributed by atoms with Crippen molar-refractivity contribution >= 4 is 5.97 Å². The van der Waals surface area contributed by atoms with Crippen molar-refractivity contribution in [1.29, 1.82) is 0 Å². The fourth-order valence-electron chi connectivity index (χ4n) is 1.01. The van der Waals surface area contributed by atoms with Crippen LogP contribution in [0.25, 0.3) is 0 Å². The van der Waals surface area contributed by atoms with Crippen LogP contribution in [0.4, 0.5) is 0 Å². The molecule has 1 fully saturated rings. The average molecular weight is 144 g/mol. The van der Waals surface area contributed by atoms with Gasteiger partial charge < -0.3 is 9.47 Å². The van der Waals surface area contributed by atoms with E-state index in [4.69, 9.17) is 9.47 Å². The summed E-state index contributed by atoms with van der Waals surface area (Å²) in [5.74, 6) is -0.135. The summed E-state index contributed by atoms with van der Waals surface area (Å²) in [5, 5.41) is 0. The van der Waals surface area contributed by atoms with Crippen molar-refractivity contribution in [2.75, 3.05) is 7.11 Å². The van der Waals surface area contributed by atoms with E-state index in [2.05, 4.69) is 0 Å². The normalized spacial score (nSPS) is 27.3. The molecule has 3 nitrogen and oxygen atoms in total. The number of carbonyl (C=O) groups is 1. The van der Waals surface area contributed by atoms with Crippen molar-refractivity contribution in [3.05, 3.63) is 0 Å². The van der Waals surface area contributed by atoms with Crippen LogP contribution in [0.2, 0.25) is 0 Å². The maximum Gasteiger partial charge on any atom is 0.308 e. The van der Waals surface area contributed by atoms with Gasteiger partial charge in [0.1, 0.15) is 0 Å². The van der Waals surface area contributed by atoms with Crippen LogP contribution in [0.5, 0.6) is 0 Å². The van der Waals surface area contributed by atoms with Crippen LogP contribution in [0.3, 0.4) is 0 Å². The smallest absolute Gasteiger partial charge is 0.308 e. The van der Waals surface area contributed by atoms with Crippen molar-refractivity contribution in [3.63, 3.8) is 0 Å². The Morgan fingerprint density at radius 1 is 1.60 bits per heavy atom. The summed E-state index contributed by atoms with van der Waals surface area (Å²) in [6.07, 6.45) is 3.03. The SMILES string of the molecule is COC1CCCCC(=O)O1. The average Bonchev–Trinajstić information content (AvgIpc) is 2.13. The molecular formula is C7H12O3. The quantitative estimate of drug-likeness (QED) is 0.516. The minimum atomic E-state index is -0.296. The van der Waals surface area contributed by atoms with E-state index in [0.717, 1.165) is 19.3 Å². The van der Waals surface area contributed by atoms with Crippen molar-refractivity contribution in [3.8, 4) is 0 Å². The second-order valence-corrected chi connectivity index (χ2v) is 2.40. The number of methoxy groups -OCH3 is 1. The van der Waals surface area contributed by atoms with Gasteiger partial charge in [-0.25, -0.2) is 0 Å². The summed E-state index contributed by atoms with van der Waals surface area (Å²) < 4.78 is 9.80. The van der Waals surface area contributed by atoms with Crippen LogP contribution in [-0.2, 0) is 14.3 Å². The third-order valence-electron chi connectivity index (χ3n) is 1.60. The van der Waals surface area contributed by atoms with Gasteiger partial charge in [-0.05, 0) is 12.8 Å². The van der Waals surface area contributed by atoms with E-state index >= 15 is 0 Å². The predicted octanol–water partition coefficient (Wildman–Crippen LogP) is 1.08. The Hall–Kier alpha value is -0.570. The van der Waals surface area contributed by atoms with Gasteiger partial charge in [0.2, 0.25) is 6.29 Å². The van der Waals surface area contributed by atoms with Crippen LogP contribution in [0.1, 0.15) is 25.7 Å². The topological polar surface area (TPSA) is 35.5 Å². The number of hydrogen-bond donors (Lipinski definition) is 0. The Morgan fingerprint density at radius 2 is 2.40 bits per heavy atom. The van der Waals surface area contributed by atoms with E-state index < -0.39 is 0 Å². The first-order valence-electron chi connectivity index (χ1n) is 3.55. The number of esters is 1. The minimum Gasteiger partial charge on any atom is -0.436 e. The van der Waals surface area contributed by atoms with Gasteiger partial charge in [-0.15, -0.1) is 0 Å². The molecule has 0 aromatic carbocycles. The molecule has 1 aliphatic heterocycles. The van der Waals surface area contributed by atoms with Crippen LogP contribution in [0.15, 0.2) is 0 Å². The van der Waals surface area contributed by atoms with Gasteiger partial charge in [0.15, 0.2) is 0 Å². The van der Waals surface area contributed by atoms with E-state index in [9.17, 15) is 4.79 Å². The van der Waals surface area contributed by atoms with Gasteiger partial charge in [0.25, 0.3) is 0 Å². The zero-order valence-corrected chi connectivity index (χ0v) is 6.13. The van der Waals surface area contributed by atoms with Gasteiger partial charge in [0, 0.05) is 20.0 Å². The molecule has 1 heterocycles. The first-order chi connectivity index (χ1) is 4.83. The van der Waals surface area contributed by atoms with E-state index in [1.54, 1.807) is 7.11 Å². The Kier molecular flexibility index (Phi) is 2.68. The fourth-order valence-corrected chi connectivity index (χ4v) is 1.01. The van der Waals surface area contributed by atoms with Crippen molar-refractivity contribution < 1.29 is 14.3 Å². The molecule has 1 rings (SSSR count). The Bertz CT molecular complexity index is 122. The zero-order chi connectivity index (χ0) is 7.40. The third kappa shape index (κ3) is 1.99. The second-order valence-electron chi connectivity index (χ2n) is 2.40. The molecular weight excluding hydrogens is 132 g/mol. The molecule has 0 aliphatic carbocycles. The number of cyclic esters (lactones) is 1. The summed E-state index contributed by atoms with van der Waals surface area (Å²) in [7, 11) is 1.56. The highest BCUT2D eigenvalue weighted by molar-refractivity contribution is 5.69. The summed E-state index contributed by atoms with van der Waals surface area (Å²) in [4.78, 5) is 10.8. The molecule has 10 heavy (non-hydrogen) atoms. The molecule has 1 atom stereocenters. The number of rotatable bonds is 1. The molecule has 0 aromatic heterocycles. The van der Waals surface area contributed by atoms with Gasteiger partial charge >= 0.3 is 5.97 Å². The molecule has 58 valence electrons. The lowest BCUT2D eigenvalue weighted by Crippen LogP contribution is -2.16. The maximum absolute atomic E-state index is 10.8. The highest BCUT2D eigenvalue weighted by atomic mass is 16.7. The molecule has 0 radical (unpaired) electrons. The summed E-state index contributed by atoms with van der Waals surface area (Å²) in [6, 6.07) is 0. The van der Waals surface area contributed by atoms with Crippen LogP contribution < -0.4 is 0 Å². The Balaban J connectivity index is 2.38. The largest absolute Gasteiger partial charge is 0.436 e. The minimum absolute atomic E-state index is 0.135. The van der Waals surface area contributed by atoms with E-state index in [0.29, 0.717) is 6.42 Å². The van der Waals surface area contributed by atoms with Gasteiger partial charge in [0.05, 0.1) is 0 Å². The second kappa shape index (κ2) is 3.56. The monoisotopic (exact) mass is 144 g/mol. The Labute approximate surface area is 60.3 Å². The predicted molar refractivity (Wildman–Crippen MR) is 35.4 cm³/mol.